The molecule has 9 heteroatoms. The standard InChI is InChI=1S/C19H17F3N4OS/c1-13-9-16(26(25-13)11-14-5-3-2-4-6-14)24-17(27)12-28-18-8-7-15(10-23-18)19(20,21)22/h2-10H,11-12H2,1H3,(H,24,27). The highest BCUT2D eigenvalue weighted by molar-refractivity contribution is 7.99. The van der Waals surface area contributed by atoms with Crippen molar-refractivity contribution in [2.24, 2.45) is 0 Å². The number of pyridine rings is 1. The summed E-state index contributed by atoms with van der Waals surface area (Å²) >= 11 is 1.06. The Kier molecular flexibility index (Phi) is 6.03. The molecule has 0 bridgehead atoms. The van der Waals surface area contributed by atoms with Crippen molar-refractivity contribution in [3.05, 3.63) is 71.5 Å². The van der Waals surface area contributed by atoms with Crippen LogP contribution in [-0.2, 0) is 17.5 Å². The minimum atomic E-state index is -4.43. The van der Waals surface area contributed by atoms with Crippen LogP contribution in [0.1, 0.15) is 16.8 Å². The molecular weight excluding hydrogens is 389 g/mol. The van der Waals surface area contributed by atoms with Crippen molar-refractivity contribution < 1.29 is 18.0 Å². The molecule has 0 unspecified atom stereocenters. The van der Waals surface area contributed by atoms with Gasteiger partial charge in [-0.3, -0.25) is 4.79 Å². The highest BCUT2D eigenvalue weighted by atomic mass is 32.2. The molecule has 1 aromatic carbocycles. The predicted octanol–water partition coefficient (Wildman–Crippen LogP) is 4.38. The number of carbonyl (C=O) groups is 1. The lowest BCUT2D eigenvalue weighted by molar-refractivity contribution is -0.137. The van der Waals surface area contributed by atoms with Crippen LogP contribution in [0, 0.1) is 6.92 Å². The van der Waals surface area contributed by atoms with Crippen LogP contribution >= 0.6 is 11.8 Å². The lowest BCUT2D eigenvalue weighted by Gasteiger charge is -2.09. The molecule has 5 nitrogen and oxygen atoms in total. The maximum atomic E-state index is 12.6. The molecular formula is C19H17F3N4OS. The fourth-order valence-corrected chi connectivity index (χ4v) is 3.12. The van der Waals surface area contributed by atoms with Gasteiger partial charge in [-0.05, 0) is 24.6 Å². The number of hydrogen-bond donors (Lipinski definition) is 1. The summed E-state index contributed by atoms with van der Waals surface area (Å²) in [5, 5.41) is 7.52. The molecule has 0 fully saturated rings. The Hall–Kier alpha value is -2.81. The lowest BCUT2D eigenvalue weighted by Crippen LogP contribution is -2.18. The van der Waals surface area contributed by atoms with Crippen molar-refractivity contribution >= 4 is 23.5 Å². The van der Waals surface area contributed by atoms with Gasteiger partial charge >= 0.3 is 6.18 Å². The molecule has 1 amide bonds. The van der Waals surface area contributed by atoms with Gasteiger partial charge in [0.2, 0.25) is 5.91 Å². The molecule has 28 heavy (non-hydrogen) atoms. The summed E-state index contributed by atoms with van der Waals surface area (Å²) < 4.78 is 39.4. The zero-order valence-corrected chi connectivity index (χ0v) is 15.7. The number of hydrogen-bond acceptors (Lipinski definition) is 4. The molecule has 0 aliphatic carbocycles. The van der Waals surface area contributed by atoms with E-state index < -0.39 is 11.7 Å². The highest BCUT2D eigenvalue weighted by Crippen LogP contribution is 2.29. The Bertz CT molecular complexity index is 940. The molecule has 0 saturated heterocycles. The molecule has 0 aliphatic heterocycles. The van der Waals surface area contributed by atoms with E-state index >= 15 is 0 Å². The quantitative estimate of drug-likeness (QED) is 0.617. The van der Waals surface area contributed by atoms with Gasteiger partial charge in [-0.1, -0.05) is 42.1 Å². The maximum Gasteiger partial charge on any atom is 0.417 e. The number of nitrogens with one attached hydrogen (secondary N) is 1. The number of aryl methyl sites for hydroxylation is 1. The van der Waals surface area contributed by atoms with Gasteiger partial charge in [0.1, 0.15) is 5.82 Å². The van der Waals surface area contributed by atoms with Gasteiger partial charge in [-0.2, -0.15) is 18.3 Å². The summed E-state index contributed by atoms with van der Waals surface area (Å²) in [4.78, 5) is 16.0. The molecule has 3 rings (SSSR count). The van der Waals surface area contributed by atoms with Gasteiger partial charge in [0.05, 0.1) is 28.6 Å². The summed E-state index contributed by atoms with van der Waals surface area (Å²) in [6.07, 6.45) is -3.67. The molecule has 0 aliphatic rings. The summed E-state index contributed by atoms with van der Waals surface area (Å²) in [5.74, 6) is 0.293. The van der Waals surface area contributed by atoms with Crippen molar-refractivity contribution in [3.63, 3.8) is 0 Å². The van der Waals surface area contributed by atoms with E-state index in [2.05, 4.69) is 15.4 Å². The molecule has 146 valence electrons. The zero-order valence-electron chi connectivity index (χ0n) is 14.9. The Balaban J connectivity index is 1.59. The normalized spacial score (nSPS) is 11.4. The largest absolute Gasteiger partial charge is 0.417 e. The van der Waals surface area contributed by atoms with E-state index in [0.29, 0.717) is 17.4 Å². The van der Waals surface area contributed by atoms with Crippen LogP contribution in [0.25, 0.3) is 0 Å². The van der Waals surface area contributed by atoms with Gasteiger partial charge in [0.25, 0.3) is 0 Å². The number of halogens is 3. The van der Waals surface area contributed by atoms with Crippen molar-refractivity contribution in [3.8, 4) is 0 Å². The first-order chi connectivity index (χ1) is 13.3. The minimum absolute atomic E-state index is 0.0218. The van der Waals surface area contributed by atoms with E-state index in [1.807, 2.05) is 37.3 Å². The summed E-state index contributed by atoms with van der Waals surface area (Å²) in [6, 6.07) is 13.7. The smallest absolute Gasteiger partial charge is 0.310 e. The third kappa shape index (κ3) is 5.35. The molecule has 0 spiro atoms. The summed E-state index contributed by atoms with van der Waals surface area (Å²) in [7, 11) is 0. The first kappa shape index (κ1) is 19.9. The SMILES string of the molecule is Cc1cc(NC(=O)CSc2ccc(C(F)(F)F)cn2)n(Cc2ccccc2)n1. The zero-order chi connectivity index (χ0) is 20.1. The molecule has 2 heterocycles. The van der Waals surface area contributed by atoms with Crippen molar-refractivity contribution in [2.45, 2.75) is 24.7 Å². The average molecular weight is 406 g/mol. The molecule has 0 saturated carbocycles. The van der Waals surface area contributed by atoms with Crippen LogP contribution in [0.4, 0.5) is 19.0 Å². The Labute approximate surface area is 164 Å². The second-order valence-electron chi connectivity index (χ2n) is 6.03. The van der Waals surface area contributed by atoms with Crippen LogP contribution in [0.2, 0.25) is 0 Å². The summed E-state index contributed by atoms with van der Waals surface area (Å²) in [6.45, 7) is 2.34. The number of aromatic nitrogens is 3. The van der Waals surface area contributed by atoms with E-state index in [1.165, 1.54) is 6.07 Å². The number of alkyl halides is 3. The van der Waals surface area contributed by atoms with Gasteiger partial charge in [-0.15, -0.1) is 0 Å². The van der Waals surface area contributed by atoms with E-state index in [4.69, 9.17) is 0 Å². The Morgan fingerprint density at radius 1 is 1.18 bits per heavy atom. The predicted molar refractivity (Wildman–Crippen MR) is 101 cm³/mol. The van der Waals surface area contributed by atoms with E-state index in [-0.39, 0.29) is 11.7 Å². The van der Waals surface area contributed by atoms with E-state index in [0.717, 1.165) is 35.3 Å². The highest BCUT2D eigenvalue weighted by Gasteiger charge is 2.30. The first-order valence-corrected chi connectivity index (χ1v) is 9.34. The fourth-order valence-electron chi connectivity index (χ4n) is 2.47. The van der Waals surface area contributed by atoms with Crippen LogP contribution in [-0.4, -0.2) is 26.4 Å². The molecule has 2 aromatic heterocycles. The first-order valence-electron chi connectivity index (χ1n) is 8.35. The van der Waals surface area contributed by atoms with E-state index in [9.17, 15) is 18.0 Å². The fraction of sp³-hybridized carbons (Fsp3) is 0.211. The third-order valence-corrected chi connectivity index (χ3v) is 4.70. The Morgan fingerprint density at radius 3 is 2.57 bits per heavy atom. The maximum absolute atomic E-state index is 12.6. The molecule has 3 aromatic rings. The molecule has 0 radical (unpaired) electrons. The van der Waals surface area contributed by atoms with Crippen LogP contribution in [0.3, 0.4) is 0 Å². The minimum Gasteiger partial charge on any atom is -0.310 e. The second kappa shape index (κ2) is 8.47. The Morgan fingerprint density at radius 2 is 1.93 bits per heavy atom. The second-order valence-corrected chi connectivity index (χ2v) is 7.03. The third-order valence-electron chi connectivity index (χ3n) is 3.76. The number of amides is 1. The number of nitrogens with zero attached hydrogens (tertiary/aromatic N) is 3. The van der Waals surface area contributed by atoms with Crippen LogP contribution in [0.15, 0.2) is 59.8 Å². The van der Waals surface area contributed by atoms with Crippen LogP contribution < -0.4 is 5.32 Å². The number of rotatable bonds is 6. The van der Waals surface area contributed by atoms with Crippen molar-refractivity contribution in [1.82, 2.24) is 14.8 Å². The van der Waals surface area contributed by atoms with Crippen LogP contribution in [0.5, 0.6) is 0 Å². The van der Waals surface area contributed by atoms with Crippen molar-refractivity contribution in [1.29, 1.82) is 0 Å². The summed E-state index contributed by atoms with van der Waals surface area (Å²) in [5.41, 5.74) is 0.995. The number of thioether (sulfide) groups is 1. The van der Waals surface area contributed by atoms with Crippen molar-refractivity contribution in [2.75, 3.05) is 11.1 Å². The monoisotopic (exact) mass is 406 g/mol. The molecule has 0 atom stereocenters. The van der Waals surface area contributed by atoms with Gasteiger partial charge < -0.3 is 5.32 Å². The van der Waals surface area contributed by atoms with E-state index in [1.54, 1.807) is 10.7 Å². The number of anilines is 1. The lowest BCUT2D eigenvalue weighted by atomic mass is 10.2. The van der Waals surface area contributed by atoms with Gasteiger partial charge in [0, 0.05) is 12.3 Å². The number of carbonyl (C=O) groups excluding carboxylic acids is 1. The van der Waals surface area contributed by atoms with Gasteiger partial charge in [0.15, 0.2) is 0 Å². The topological polar surface area (TPSA) is 59.8 Å². The molecule has 1 N–H and O–H groups in total. The number of benzene rings is 1. The van der Waals surface area contributed by atoms with Gasteiger partial charge in [-0.25, -0.2) is 9.67 Å². The average Bonchev–Trinajstić information content (AvgIpc) is 2.99.